The van der Waals surface area contributed by atoms with Gasteiger partial charge in [0.2, 0.25) is 0 Å². The second-order valence-corrected chi connectivity index (χ2v) is 8.73. The number of amides is 2. The predicted octanol–water partition coefficient (Wildman–Crippen LogP) is 3.66. The highest BCUT2D eigenvalue weighted by atomic mass is 32.2. The number of thiophene rings is 1. The van der Waals surface area contributed by atoms with Gasteiger partial charge in [0.25, 0.3) is 11.8 Å². The maximum absolute atomic E-state index is 12.3. The smallest absolute Gasteiger partial charge is 0.265 e. The molecule has 1 heterocycles. The molecule has 3 aromatic rings. The van der Waals surface area contributed by atoms with Crippen LogP contribution in [0.2, 0.25) is 0 Å². The summed E-state index contributed by atoms with van der Waals surface area (Å²) in [4.78, 5) is 25.1. The van der Waals surface area contributed by atoms with Gasteiger partial charge in [-0.05, 0) is 53.9 Å². The average Bonchev–Trinajstić information content (AvgIpc) is 3.16. The topological polar surface area (TPSA) is 92.3 Å². The van der Waals surface area contributed by atoms with Crippen LogP contribution >= 0.6 is 11.3 Å². The van der Waals surface area contributed by atoms with Crippen LogP contribution in [0.15, 0.2) is 70.9 Å². The molecule has 0 bridgehead atoms. The lowest BCUT2D eigenvalue weighted by atomic mass is 10.2. The van der Waals surface area contributed by atoms with Crippen LogP contribution in [0.1, 0.15) is 20.0 Å². The van der Waals surface area contributed by atoms with Crippen molar-refractivity contribution in [3.63, 3.8) is 0 Å². The van der Waals surface area contributed by atoms with E-state index in [-0.39, 0.29) is 16.7 Å². The molecule has 8 heteroatoms. The third kappa shape index (κ3) is 4.81. The highest BCUT2D eigenvalue weighted by molar-refractivity contribution is 7.90. The van der Waals surface area contributed by atoms with Gasteiger partial charge >= 0.3 is 0 Å². The molecule has 0 spiro atoms. The van der Waals surface area contributed by atoms with Crippen LogP contribution in [0.4, 0.5) is 11.4 Å². The lowest BCUT2D eigenvalue weighted by Crippen LogP contribution is -2.13. The summed E-state index contributed by atoms with van der Waals surface area (Å²) in [6, 6.07) is 16.0. The molecule has 0 aliphatic carbocycles. The Morgan fingerprint density at radius 1 is 0.852 bits per heavy atom. The summed E-state index contributed by atoms with van der Waals surface area (Å²) in [5, 5.41) is 7.24. The van der Waals surface area contributed by atoms with E-state index >= 15 is 0 Å². The Balaban J connectivity index is 1.68. The molecule has 0 radical (unpaired) electrons. The zero-order chi connectivity index (χ0) is 19.4. The van der Waals surface area contributed by atoms with Crippen LogP contribution in [-0.4, -0.2) is 26.5 Å². The molecule has 0 atom stereocenters. The minimum atomic E-state index is -3.35. The molecular weight excluding hydrogens is 384 g/mol. The average molecular weight is 400 g/mol. The molecule has 27 heavy (non-hydrogen) atoms. The summed E-state index contributed by atoms with van der Waals surface area (Å²) >= 11 is 1.34. The first-order chi connectivity index (χ1) is 12.8. The van der Waals surface area contributed by atoms with Gasteiger partial charge in [0, 0.05) is 23.2 Å². The van der Waals surface area contributed by atoms with Crippen molar-refractivity contribution < 1.29 is 18.0 Å². The molecule has 0 saturated heterocycles. The van der Waals surface area contributed by atoms with Crippen molar-refractivity contribution in [1.82, 2.24) is 0 Å². The first-order valence-electron chi connectivity index (χ1n) is 7.89. The van der Waals surface area contributed by atoms with E-state index in [1.807, 2.05) is 5.38 Å². The second-order valence-electron chi connectivity index (χ2n) is 5.76. The minimum absolute atomic E-state index is 0.131. The van der Waals surface area contributed by atoms with E-state index < -0.39 is 9.84 Å². The number of sulfone groups is 1. The first-order valence-corrected chi connectivity index (χ1v) is 10.7. The molecule has 0 saturated carbocycles. The van der Waals surface area contributed by atoms with Crippen molar-refractivity contribution in [1.29, 1.82) is 0 Å². The van der Waals surface area contributed by atoms with E-state index in [0.717, 1.165) is 6.26 Å². The maximum Gasteiger partial charge on any atom is 0.265 e. The standard InChI is InChI=1S/C19H16N2O4S2/c1-27(24,25)16-5-2-4-15(12-16)21-18(22)13-7-9-14(10-8-13)20-19(23)17-6-3-11-26-17/h2-12H,1H3,(H,20,23)(H,21,22). The Morgan fingerprint density at radius 2 is 1.56 bits per heavy atom. The van der Waals surface area contributed by atoms with E-state index in [2.05, 4.69) is 10.6 Å². The molecule has 1 aromatic heterocycles. The lowest BCUT2D eigenvalue weighted by Gasteiger charge is -2.08. The van der Waals surface area contributed by atoms with Crippen LogP contribution < -0.4 is 10.6 Å². The summed E-state index contributed by atoms with van der Waals surface area (Å²) in [6.45, 7) is 0. The number of hydrogen-bond donors (Lipinski definition) is 2. The molecular formula is C19H16N2O4S2. The van der Waals surface area contributed by atoms with Crippen molar-refractivity contribution in [3.8, 4) is 0 Å². The van der Waals surface area contributed by atoms with Crippen LogP contribution in [0, 0.1) is 0 Å². The summed E-state index contributed by atoms with van der Waals surface area (Å²) < 4.78 is 23.2. The van der Waals surface area contributed by atoms with Crippen LogP contribution in [-0.2, 0) is 9.84 Å². The number of anilines is 2. The second kappa shape index (κ2) is 7.73. The molecule has 0 unspecified atom stereocenters. The highest BCUT2D eigenvalue weighted by Crippen LogP contribution is 2.18. The fourth-order valence-electron chi connectivity index (χ4n) is 2.31. The molecule has 0 aliphatic rings. The third-order valence-corrected chi connectivity index (χ3v) is 5.65. The van der Waals surface area contributed by atoms with Crippen molar-refractivity contribution in [2.45, 2.75) is 4.90 Å². The van der Waals surface area contributed by atoms with Crippen molar-refractivity contribution in [3.05, 3.63) is 76.5 Å². The summed E-state index contributed by atoms with van der Waals surface area (Å²) in [5.74, 6) is -0.587. The van der Waals surface area contributed by atoms with Crippen molar-refractivity contribution in [2.24, 2.45) is 0 Å². The molecule has 3 rings (SSSR count). The number of carbonyl (C=O) groups is 2. The van der Waals surface area contributed by atoms with Gasteiger partial charge in [-0.25, -0.2) is 8.42 Å². The zero-order valence-corrected chi connectivity index (χ0v) is 15.9. The Kier molecular flexibility index (Phi) is 5.38. The first kappa shape index (κ1) is 18.8. The van der Waals surface area contributed by atoms with Crippen LogP contribution in [0.5, 0.6) is 0 Å². The summed E-state index contributed by atoms with van der Waals surface area (Å²) in [6.07, 6.45) is 1.11. The normalized spacial score (nSPS) is 11.0. The van der Waals surface area contributed by atoms with Gasteiger partial charge in [-0.2, -0.15) is 0 Å². The van der Waals surface area contributed by atoms with E-state index in [1.54, 1.807) is 48.5 Å². The maximum atomic E-state index is 12.3. The van der Waals surface area contributed by atoms with Crippen LogP contribution in [0.3, 0.4) is 0 Å². The summed E-state index contributed by atoms with van der Waals surface area (Å²) in [5.41, 5.74) is 1.34. The van der Waals surface area contributed by atoms with E-state index in [0.29, 0.717) is 21.8 Å². The fourth-order valence-corrected chi connectivity index (χ4v) is 3.60. The van der Waals surface area contributed by atoms with Gasteiger partial charge in [-0.15, -0.1) is 11.3 Å². The Labute approximate surface area is 160 Å². The van der Waals surface area contributed by atoms with Gasteiger partial charge in [0.15, 0.2) is 9.84 Å². The number of rotatable bonds is 5. The molecule has 138 valence electrons. The number of carbonyl (C=O) groups excluding carboxylic acids is 2. The number of nitrogens with one attached hydrogen (secondary N) is 2. The molecule has 0 aliphatic heterocycles. The zero-order valence-electron chi connectivity index (χ0n) is 14.3. The van der Waals surface area contributed by atoms with Crippen molar-refractivity contribution >= 4 is 44.4 Å². The molecule has 2 N–H and O–H groups in total. The molecule has 2 aromatic carbocycles. The van der Waals surface area contributed by atoms with Gasteiger partial charge in [0.05, 0.1) is 9.77 Å². The Bertz CT molecular complexity index is 1070. The third-order valence-electron chi connectivity index (χ3n) is 3.67. The van der Waals surface area contributed by atoms with Crippen LogP contribution in [0.25, 0.3) is 0 Å². The largest absolute Gasteiger partial charge is 0.322 e. The Morgan fingerprint density at radius 3 is 2.19 bits per heavy atom. The number of benzene rings is 2. The highest BCUT2D eigenvalue weighted by Gasteiger charge is 2.11. The molecule has 2 amide bonds. The SMILES string of the molecule is CS(=O)(=O)c1cccc(NC(=O)c2ccc(NC(=O)c3cccs3)cc2)c1. The lowest BCUT2D eigenvalue weighted by molar-refractivity contribution is 0.102. The number of hydrogen-bond acceptors (Lipinski definition) is 5. The quantitative estimate of drug-likeness (QED) is 0.684. The van der Waals surface area contributed by atoms with E-state index in [1.165, 1.54) is 23.5 Å². The Hall–Kier alpha value is -2.97. The minimum Gasteiger partial charge on any atom is -0.322 e. The van der Waals surface area contributed by atoms with E-state index in [9.17, 15) is 18.0 Å². The fraction of sp³-hybridized carbons (Fsp3) is 0.0526. The van der Waals surface area contributed by atoms with Crippen molar-refractivity contribution in [2.75, 3.05) is 16.9 Å². The van der Waals surface area contributed by atoms with Gasteiger partial charge in [-0.1, -0.05) is 12.1 Å². The monoisotopic (exact) mass is 400 g/mol. The van der Waals surface area contributed by atoms with Gasteiger partial charge < -0.3 is 10.6 Å². The summed E-state index contributed by atoms with van der Waals surface area (Å²) in [7, 11) is -3.35. The van der Waals surface area contributed by atoms with Gasteiger partial charge in [0.1, 0.15) is 0 Å². The van der Waals surface area contributed by atoms with E-state index in [4.69, 9.17) is 0 Å². The predicted molar refractivity (Wildman–Crippen MR) is 106 cm³/mol. The molecule has 0 fully saturated rings. The van der Waals surface area contributed by atoms with Gasteiger partial charge in [-0.3, -0.25) is 9.59 Å². The molecule has 6 nitrogen and oxygen atoms in total.